The minimum atomic E-state index is -0.796. The molecule has 0 aliphatic heterocycles. The number of halogens is 1. The van der Waals surface area contributed by atoms with E-state index in [1.807, 2.05) is 24.3 Å². The number of aliphatic hydroxyl groups is 1. The van der Waals surface area contributed by atoms with Crippen LogP contribution in [0.1, 0.15) is 0 Å². The van der Waals surface area contributed by atoms with Crippen LogP contribution in [0.5, 0.6) is 5.75 Å². The molecule has 0 radical (unpaired) electrons. The summed E-state index contributed by atoms with van der Waals surface area (Å²) in [7, 11) is -0.796. The molecule has 18 heavy (non-hydrogen) atoms. The quantitative estimate of drug-likeness (QED) is 0.700. The molecule has 0 heterocycles. The molecule has 102 valence electrons. The van der Waals surface area contributed by atoms with E-state index in [4.69, 9.17) is 4.74 Å². The summed E-state index contributed by atoms with van der Waals surface area (Å²) in [6, 6.07) is 7.45. The molecule has 1 aromatic rings. The predicted molar refractivity (Wildman–Crippen MR) is 77.4 cm³/mol. The number of hydrogen-bond donors (Lipinski definition) is 2. The predicted octanol–water partition coefficient (Wildman–Crippen LogP) is 1.16. The van der Waals surface area contributed by atoms with Crippen LogP contribution in [0.4, 0.5) is 0 Å². The molecule has 0 saturated carbocycles. The normalized spacial score (nSPS) is 14.2. The van der Waals surface area contributed by atoms with E-state index >= 15 is 0 Å². The Morgan fingerprint density at radius 3 is 2.72 bits per heavy atom. The summed E-state index contributed by atoms with van der Waals surface area (Å²) in [4.78, 5) is 0. The maximum absolute atomic E-state index is 10.8. The number of rotatable bonds is 8. The molecule has 0 fully saturated rings. The number of aliphatic hydroxyl groups excluding tert-OH is 1. The average molecular weight is 336 g/mol. The van der Waals surface area contributed by atoms with Crippen molar-refractivity contribution in [3.8, 4) is 5.75 Å². The second-order valence-electron chi connectivity index (χ2n) is 3.90. The summed E-state index contributed by atoms with van der Waals surface area (Å²) in [5.74, 6) is 1.33. The first-order valence-electron chi connectivity index (χ1n) is 5.65. The van der Waals surface area contributed by atoms with Gasteiger partial charge in [-0.3, -0.25) is 4.21 Å². The van der Waals surface area contributed by atoms with Gasteiger partial charge in [-0.05, 0) is 24.3 Å². The molecule has 0 aliphatic carbocycles. The second-order valence-corrected chi connectivity index (χ2v) is 6.37. The van der Waals surface area contributed by atoms with Crippen molar-refractivity contribution in [3.05, 3.63) is 28.7 Å². The lowest BCUT2D eigenvalue weighted by Gasteiger charge is -2.13. The Kier molecular flexibility index (Phi) is 7.50. The Labute approximate surface area is 118 Å². The van der Waals surface area contributed by atoms with E-state index in [-0.39, 0.29) is 6.61 Å². The van der Waals surface area contributed by atoms with Gasteiger partial charge in [-0.2, -0.15) is 0 Å². The van der Waals surface area contributed by atoms with E-state index in [1.165, 1.54) is 0 Å². The second kappa shape index (κ2) is 8.63. The van der Waals surface area contributed by atoms with Gasteiger partial charge in [-0.25, -0.2) is 0 Å². The van der Waals surface area contributed by atoms with Crippen molar-refractivity contribution < 1.29 is 14.1 Å². The third-order valence-corrected chi connectivity index (χ3v) is 3.51. The zero-order chi connectivity index (χ0) is 13.4. The summed E-state index contributed by atoms with van der Waals surface area (Å²) < 4.78 is 17.2. The van der Waals surface area contributed by atoms with Gasteiger partial charge < -0.3 is 15.2 Å². The molecule has 4 nitrogen and oxygen atoms in total. The fourth-order valence-corrected chi connectivity index (χ4v) is 1.96. The smallest absolute Gasteiger partial charge is 0.119 e. The van der Waals surface area contributed by atoms with Crippen molar-refractivity contribution in [1.82, 2.24) is 5.32 Å². The highest BCUT2D eigenvalue weighted by atomic mass is 79.9. The average Bonchev–Trinajstić information content (AvgIpc) is 2.34. The molecule has 1 aromatic carbocycles. The van der Waals surface area contributed by atoms with Gasteiger partial charge in [-0.15, -0.1) is 0 Å². The highest BCUT2D eigenvalue weighted by Gasteiger charge is 2.04. The maximum Gasteiger partial charge on any atom is 0.119 e. The first-order valence-corrected chi connectivity index (χ1v) is 8.17. The molecule has 0 amide bonds. The van der Waals surface area contributed by atoms with Gasteiger partial charge in [0, 0.05) is 40.4 Å². The van der Waals surface area contributed by atoms with Crippen LogP contribution in [0.2, 0.25) is 0 Å². The third kappa shape index (κ3) is 7.10. The topological polar surface area (TPSA) is 58.6 Å². The molecule has 2 unspecified atom stereocenters. The molecule has 2 atom stereocenters. The minimum absolute atomic E-state index is 0.240. The standard InChI is InChI=1S/C12H18BrNO3S/c1-18(16)7-6-14-8-11(15)9-17-12-4-2-10(13)3-5-12/h2-5,11,14-15H,6-9H2,1H3. The van der Waals surface area contributed by atoms with E-state index in [0.717, 1.165) is 10.2 Å². The number of benzene rings is 1. The molecule has 0 spiro atoms. The van der Waals surface area contributed by atoms with Gasteiger partial charge >= 0.3 is 0 Å². The van der Waals surface area contributed by atoms with Crippen LogP contribution in [-0.2, 0) is 10.8 Å². The van der Waals surface area contributed by atoms with Crippen molar-refractivity contribution >= 4 is 26.7 Å². The lowest BCUT2D eigenvalue weighted by molar-refractivity contribution is 0.107. The van der Waals surface area contributed by atoms with Crippen LogP contribution in [0.25, 0.3) is 0 Å². The van der Waals surface area contributed by atoms with Crippen molar-refractivity contribution in [2.45, 2.75) is 6.10 Å². The number of nitrogens with one attached hydrogen (secondary N) is 1. The fraction of sp³-hybridized carbons (Fsp3) is 0.500. The van der Waals surface area contributed by atoms with Crippen LogP contribution >= 0.6 is 15.9 Å². The maximum atomic E-state index is 10.8. The molecule has 0 saturated heterocycles. The highest BCUT2D eigenvalue weighted by molar-refractivity contribution is 9.10. The van der Waals surface area contributed by atoms with Gasteiger partial charge in [-0.1, -0.05) is 15.9 Å². The summed E-state index contributed by atoms with van der Waals surface area (Å²) in [5, 5.41) is 12.7. The number of ether oxygens (including phenoxy) is 1. The molecule has 6 heteroatoms. The fourth-order valence-electron chi connectivity index (χ4n) is 1.27. The van der Waals surface area contributed by atoms with E-state index < -0.39 is 16.9 Å². The Morgan fingerprint density at radius 1 is 1.44 bits per heavy atom. The van der Waals surface area contributed by atoms with Crippen molar-refractivity contribution in [2.24, 2.45) is 0 Å². The molecule has 2 N–H and O–H groups in total. The van der Waals surface area contributed by atoms with Crippen LogP contribution < -0.4 is 10.1 Å². The van der Waals surface area contributed by atoms with Gasteiger partial charge in [0.05, 0.1) is 0 Å². The zero-order valence-corrected chi connectivity index (χ0v) is 12.7. The first-order chi connectivity index (χ1) is 8.58. The molecular weight excluding hydrogens is 318 g/mol. The summed E-state index contributed by atoms with van der Waals surface area (Å²) in [6.45, 7) is 1.32. The largest absolute Gasteiger partial charge is 0.491 e. The van der Waals surface area contributed by atoms with Crippen molar-refractivity contribution in [2.75, 3.05) is 31.7 Å². The van der Waals surface area contributed by atoms with Gasteiger partial charge in [0.2, 0.25) is 0 Å². The molecule has 0 bridgehead atoms. The molecule has 1 rings (SSSR count). The molecular formula is C12H18BrNO3S. The monoisotopic (exact) mass is 335 g/mol. The van der Waals surface area contributed by atoms with Crippen LogP contribution in [0.15, 0.2) is 28.7 Å². The summed E-state index contributed by atoms with van der Waals surface area (Å²) in [6.07, 6.45) is 1.09. The van der Waals surface area contributed by atoms with Crippen LogP contribution in [0.3, 0.4) is 0 Å². The van der Waals surface area contributed by atoms with Crippen molar-refractivity contribution in [3.63, 3.8) is 0 Å². The minimum Gasteiger partial charge on any atom is -0.491 e. The Morgan fingerprint density at radius 2 is 2.11 bits per heavy atom. The van der Waals surface area contributed by atoms with Crippen LogP contribution in [0, 0.1) is 0 Å². The Hall–Kier alpha value is -0.430. The molecule has 0 aromatic heterocycles. The van der Waals surface area contributed by atoms with Crippen LogP contribution in [-0.4, -0.2) is 47.1 Å². The SMILES string of the molecule is CS(=O)CCNCC(O)COc1ccc(Br)cc1. The Balaban J connectivity index is 2.14. The lowest BCUT2D eigenvalue weighted by Crippen LogP contribution is -2.33. The lowest BCUT2D eigenvalue weighted by atomic mass is 10.3. The summed E-state index contributed by atoms with van der Waals surface area (Å²) >= 11 is 3.34. The van der Waals surface area contributed by atoms with E-state index in [1.54, 1.807) is 6.26 Å². The third-order valence-electron chi connectivity index (χ3n) is 2.20. The number of hydrogen-bond acceptors (Lipinski definition) is 4. The van der Waals surface area contributed by atoms with E-state index in [2.05, 4.69) is 21.2 Å². The van der Waals surface area contributed by atoms with Gasteiger partial charge in [0.25, 0.3) is 0 Å². The van der Waals surface area contributed by atoms with Gasteiger partial charge in [0.15, 0.2) is 0 Å². The van der Waals surface area contributed by atoms with Crippen molar-refractivity contribution in [1.29, 1.82) is 0 Å². The van der Waals surface area contributed by atoms with Gasteiger partial charge in [0.1, 0.15) is 18.5 Å². The Bertz CT molecular complexity index is 372. The highest BCUT2D eigenvalue weighted by Crippen LogP contribution is 2.16. The van der Waals surface area contributed by atoms with E-state index in [9.17, 15) is 9.32 Å². The van der Waals surface area contributed by atoms with E-state index in [0.29, 0.717) is 18.8 Å². The zero-order valence-electron chi connectivity index (χ0n) is 10.3. The summed E-state index contributed by atoms with van der Waals surface area (Å²) in [5.41, 5.74) is 0. The molecule has 0 aliphatic rings. The first kappa shape index (κ1) is 15.6.